The molecule has 2 heteroatoms. The molecule has 2 rings (SSSR count). The summed E-state index contributed by atoms with van der Waals surface area (Å²) in [5.74, 6) is 0. The predicted molar refractivity (Wildman–Crippen MR) is 75.2 cm³/mol. The van der Waals surface area contributed by atoms with Gasteiger partial charge in [0.25, 0.3) is 0 Å². The average molecular weight is 244 g/mol. The van der Waals surface area contributed by atoms with E-state index in [4.69, 9.17) is 4.42 Å². The molecule has 0 bridgehead atoms. The molecule has 0 unspecified atom stereocenters. The minimum Gasteiger partial charge on any atom is -0.423 e. The molecular formula is C16H20O2. The van der Waals surface area contributed by atoms with Crippen LogP contribution in [0.15, 0.2) is 33.5 Å². The Balaban J connectivity index is 2.68. The number of hydrogen-bond donors (Lipinski definition) is 0. The van der Waals surface area contributed by atoms with Gasteiger partial charge >= 0.3 is 5.63 Å². The van der Waals surface area contributed by atoms with Crippen LogP contribution in [0.4, 0.5) is 0 Å². The van der Waals surface area contributed by atoms with Gasteiger partial charge in [0.1, 0.15) is 5.58 Å². The summed E-state index contributed by atoms with van der Waals surface area (Å²) in [5.41, 5.74) is 2.79. The second-order valence-corrected chi connectivity index (χ2v) is 5.80. The van der Waals surface area contributed by atoms with Crippen LogP contribution in [-0.2, 0) is 11.8 Å². The van der Waals surface area contributed by atoms with E-state index in [-0.39, 0.29) is 11.0 Å². The monoisotopic (exact) mass is 244 g/mol. The van der Waals surface area contributed by atoms with Crippen molar-refractivity contribution in [1.82, 2.24) is 0 Å². The number of benzene rings is 1. The molecule has 0 amide bonds. The van der Waals surface area contributed by atoms with Crippen LogP contribution in [0.2, 0.25) is 0 Å². The molecule has 1 heterocycles. The van der Waals surface area contributed by atoms with Crippen molar-refractivity contribution in [3.05, 3.63) is 45.8 Å². The second-order valence-electron chi connectivity index (χ2n) is 5.80. The number of rotatable bonds is 2. The summed E-state index contributed by atoms with van der Waals surface area (Å²) < 4.78 is 5.33. The maximum atomic E-state index is 11.6. The summed E-state index contributed by atoms with van der Waals surface area (Å²) in [6.07, 6.45) is 1.94. The Hall–Kier alpha value is -1.57. The van der Waals surface area contributed by atoms with E-state index in [9.17, 15) is 4.79 Å². The molecule has 0 radical (unpaired) electrons. The van der Waals surface area contributed by atoms with Crippen LogP contribution in [0, 0.1) is 0 Å². The first kappa shape index (κ1) is 12.9. The van der Waals surface area contributed by atoms with Gasteiger partial charge in [-0.2, -0.15) is 0 Å². The van der Waals surface area contributed by atoms with Gasteiger partial charge in [-0.15, -0.1) is 0 Å². The van der Waals surface area contributed by atoms with E-state index in [1.54, 1.807) is 6.07 Å². The van der Waals surface area contributed by atoms with E-state index in [1.807, 2.05) is 6.07 Å². The van der Waals surface area contributed by atoms with Crippen LogP contribution in [0.1, 0.15) is 45.2 Å². The molecule has 0 aliphatic heterocycles. The first-order valence-electron chi connectivity index (χ1n) is 6.49. The van der Waals surface area contributed by atoms with Gasteiger partial charge in [0.05, 0.1) is 0 Å². The zero-order valence-electron chi connectivity index (χ0n) is 11.5. The van der Waals surface area contributed by atoms with Crippen molar-refractivity contribution in [2.45, 2.75) is 46.0 Å². The SMILES string of the molecule is CCCc1cc(=O)oc2cc(C(C)(C)C)ccc12. The van der Waals surface area contributed by atoms with Gasteiger partial charge in [0.2, 0.25) is 0 Å². The number of fused-ring (bicyclic) bond motifs is 1. The van der Waals surface area contributed by atoms with Crippen molar-refractivity contribution < 1.29 is 4.42 Å². The lowest BCUT2D eigenvalue weighted by Crippen LogP contribution is -2.11. The molecule has 96 valence electrons. The minimum absolute atomic E-state index is 0.0630. The highest BCUT2D eigenvalue weighted by Crippen LogP contribution is 2.27. The first-order chi connectivity index (χ1) is 8.41. The first-order valence-corrected chi connectivity index (χ1v) is 6.49. The molecule has 0 N–H and O–H groups in total. The summed E-state index contributed by atoms with van der Waals surface area (Å²) in [6.45, 7) is 8.58. The van der Waals surface area contributed by atoms with Crippen molar-refractivity contribution in [2.24, 2.45) is 0 Å². The maximum Gasteiger partial charge on any atom is 0.336 e. The van der Waals surface area contributed by atoms with Crippen molar-refractivity contribution in [2.75, 3.05) is 0 Å². The third-order valence-corrected chi connectivity index (χ3v) is 3.22. The highest BCUT2D eigenvalue weighted by molar-refractivity contribution is 5.81. The summed E-state index contributed by atoms with van der Waals surface area (Å²) in [7, 11) is 0. The quantitative estimate of drug-likeness (QED) is 0.746. The van der Waals surface area contributed by atoms with E-state index < -0.39 is 0 Å². The molecule has 0 spiro atoms. The van der Waals surface area contributed by atoms with Crippen LogP contribution < -0.4 is 5.63 Å². The smallest absolute Gasteiger partial charge is 0.336 e. The molecule has 2 nitrogen and oxygen atoms in total. The molecular weight excluding hydrogens is 224 g/mol. The molecule has 1 aromatic carbocycles. The summed E-state index contributed by atoms with van der Waals surface area (Å²) in [4.78, 5) is 11.6. The van der Waals surface area contributed by atoms with Crippen LogP contribution in [0.5, 0.6) is 0 Å². The zero-order valence-corrected chi connectivity index (χ0v) is 11.5. The highest BCUT2D eigenvalue weighted by atomic mass is 16.4. The lowest BCUT2D eigenvalue weighted by molar-refractivity contribution is 0.551. The molecule has 0 saturated heterocycles. The summed E-state index contributed by atoms with van der Waals surface area (Å²) >= 11 is 0. The summed E-state index contributed by atoms with van der Waals surface area (Å²) in [5, 5.41) is 1.06. The van der Waals surface area contributed by atoms with Crippen LogP contribution in [0.25, 0.3) is 11.0 Å². The molecule has 1 aromatic heterocycles. The van der Waals surface area contributed by atoms with Crippen molar-refractivity contribution in [1.29, 1.82) is 0 Å². The minimum atomic E-state index is -0.253. The Morgan fingerprint density at radius 2 is 1.89 bits per heavy atom. The van der Waals surface area contributed by atoms with Crippen LogP contribution >= 0.6 is 0 Å². The van der Waals surface area contributed by atoms with Gasteiger partial charge in [0.15, 0.2) is 0 Å². The molecule has 0 fully saturated rings. The largest absolute Gasteiger partial charge is 0.423 e. The highest BCUT2D eigenvalue weighted by Gasteiger charge is 2.15. The van der Waals surface area contributed by atoms with Crippen LogP contribution in [0.3, 0.4) is 0 Å². The molecule has 18 heavy (non-hydrogen) atoms. The van der Waals surface area contributed by atoms with E-state index >= 15 is 0 Å². The summed E-state index contributed by atoms with van der Waals surface area (Å²) in [6, 6.07) is 7.81. The van der Waals surface area contributed by atoms with Gasteiger partial charge < -0.3 is 4.42 Å². The number of hydrogen-bond acceptors (Lipinski definition) is 2. The van der Waals surface area contributed by atoms with E-state index in [2.05, 4.69) is 39.8 Å². The lowest BCUT2D eigenvalue weighted by Gasteiger charge is -2.19. The Labute approximate surface area is 108 Å². The lowest BCUT2D eigenvalue weighted by atomic mass is 9.86. The molecule has 0 atom stereocenters. The Morgan fingerprint density at radius 3 is 2.50 bits per heavy atom. The van der Waals surface area contributed by atoms with Crippen molar-refractivity contribution in [3.63, 3.8) is 0 Å². The molecule has 0 saturated carbocycles. The standard InChI is InChI=1S/C16H20O2/c1-5-6-11-9-15(17)18-14-10-12(16(2,3)4)7-8-13(11)14/h7-10H,5-6H2,1-4H3. The van der Waals surface area contributed by atoms with Crippen molar-refractivity contribution >= 4 is 11.0 Å². The van der Waals surface area contributed by atoms with Crippen molar-refractivity contribution in [3.8, 4) is 0 Å². The Kier molecular flexibility index (Phi) is 3.29. The topological polar surface area (TPSA) is 30.2 Å². The fraction of sp³-hybridized carbons (Fsp3) is 0.438. The fourth-order valence-electron chi connectivity index (χ4n) is 2.17. The van der Waals surface area contributed by atoms with Gasteiger partial charge in [-0.1, -0.05) is 46.2 Å². The third kappa shape index (κ3) is 2.47. The third-order valence-electron chi connectivity index (χ3n) is 3.22. The van der Waals surface area contributed by atoms with Crippen LogP contribution in [-0.4, -0.2) is 0 Å². The number of aryl methyl sites for hydroxylation is 1. The zero-order chi connectivity index (χ0) is 13.3. The Morgan fingerprint density at radius 1 is 1.17 bits per heavy atom. The van der Waals surface area contributed by atoms with E-state index in [1.165, 1.54) is 5.56 Å². The Bertz CT molecular complexity index is 615. The van der Waals surface area contributed by atoms with E-state index in [0.717, 1.165) is 23.8 Å². The normalized spacial score (nSPS) is 12.0. The molecule has 2 aromatic rings. The predicted octanol–water partition coefficient (Wildman–Crippen LogP) is 4.04. The van der Waals surface area contributed by atoms with Gasteiger partial charge in [0, 0.05) is 11.5 Å². The molecule has 0 aliphatic rings. The van der Waals surface area contributed by atoms with E-state index in [0.29, 0.717) is 5.58 Å². The average Bonchev–Trinajstić information content (AvgIpc) is 2.27. The molecule has 0 aliphatic carbocycles. The second kappa shape index (κ2) is 4.60. The maximum absolute atomic E-state index is 11.6. The fourth-order valence-corrected chi connectivity index (χ4v) is 2.17. The van der Waals surface area contributed by atoms with Gasteiger partial charge in [-0.25, -0.2) is 4.79 Å². The van der Waals surface area contributed by atoms with Gasteiger partial charge in [-0.3, -0.25) is 0 Å². The van der Waals surface area contributed by atoms with Gasteiger partial charge in [-0.05, 0) is 29.0 Å².